The summed E-state index contributed by atoms with van der Waals surface area (Å²) < 4.78 is 26.3. The summed E-state index contributed by atoms with van der Waals surface area (Å²) in [5, 5.41) is 0.626. The van der Waals surface area contributed by atoms with E-state index in [9.17, 15) is 8.42 Å². The van der Waals surface area contributed by atoms with Crippen LogP contribution >= 0.6 is 0 Å². The lowest BCUT2D eigenvalue weighted by Gasteiger charge is -2.19. The topological polar surface area (TPSA) is 76.3 Å². The SMILES string of the molecule is CC(N)CN(C)S(=O)(=O)c1cccc2ncccc12. The summed E-state index contributed by atoms with van der Waals surface area (Å²) >= 11 is 0. The summed E-state index contributed by atoms with van der Waals surface area (Å²) in [5.41, 5.74) is 6.33. The number of benzene rings is 1. The van der Waals surface area contributed by atoms with E-state index in [1.165, 1.54) is 11.4 Å². The molecule has 1 heterocycles. The van der Waals surface area contributed by atoms with E-state index in [-0.39, 0.29) is 17.5 Å². The van der Waals surface area contributed by atoms with Crippen LogP contribution in [-0.2, 0) is 10.0 Å². The Morgan fingerprint density at radius 3 is 2.74 bits per heavy atom. The lowest BCUT2D eigenvalue weighted by molar-refractivity contribution is 0.446. The normalized spacial score (nSPS) is 13.9. The smallest absolute Gasteiger partial charge is 0.243 e. The van der Waals surface area contributed by atoms with Gasteiger partial charge in [0.15, 0.2) is 0 Å². The molecule has 2 N–H and O–H groups in total. The lowest BCUT2D eigenvalue weighted by Crippen LogP contribution is -2.37. The van der Waals surface area contributed by atoms with E-state index in [2.05, 4.69) is 4.98 Å². The van der Waals surface area contributed by atoms with Crippen LogP contribution in [0.3, 0.4) is 0 Å². The number of nitrogens with two attached hydrogens (primary N) is 1. The number of hydrogen-bond donors (Lipinski definition) is 1. The average molecular weight is 279 g/mol. The molecule has 2 rings (SSSR count). The van der Waals surface area contributed by atoms with Gasteiger partial charge >= 0.3 is 0 Å². The molecule has 0 radical (unpaired) electrons. The zero-order valence-electron chi connectivity index (χ0n) is 10.9. The molecule has 6 heteroatoms. The van der Waals surface area contributed by atoms with Crippen molar-refractivity contribution in [2.75, 3.05) is 13.6 Å². The van der Waals surface area contributed by atoms with Crippen molar-refractivity contribution in [2.45, 2.75) is 17.9 Å². The lowest BCUT2D eigenvalue weighted by atomic mass is 10.2. The largest absolute Gasteiger partial charge is 0.327 e. The third kappa shape index (κ3) is 2.75. The Morgan fingerprint density at radius 1 is 1.32 bits per heavy atom. The molecule has 0 aliphatic carbocycles. The first-order chi connectivity index (χ1) is 8.93. The molecule has 0 saturated heterocycles. The van der Waals surface area contributed by atoms with Gasteiger partial charge in [-0.3, -0.25) is 4.98 Å². The van der Waals surface area contributed by atoms with Crippen LogP contribution in [-0.4, -0.2) is 37.3 Å². The number of rotatable bonds is 4. The molecule has 1 aromatic heterocycles. The standard InChI is InChI=1S/C13H17N3O2S/c1-10(14)9-16(2)19(17,18)13-7-3-6-12-11(13)5-4-8-15-12/h3-8,10H,9,14H2,1-2H3. The third-order valence-electron chi connectivity index (χ3n) is 2.84. The Balaban J connectivity index is 2.55. The van der Waals surface area contributed by atoms with E-state index in [1.807, 2.05) is 0 Å². The summed E-state index contributed by atoms with van der Waals surface area (Å²) in [6.07, 6.45) is 1.64. The van der Waals surface area contributed by atoms with E-state index in [1.54, 1.807) is 43.5 Å². The second kappa shape index (κ2) is 5.24. The number of fused-ring (bicyclic) bond motifs is 1. The van der Waals surface area contributed by atoms with Gasteiger partial charge in [0, 0.05) is 31.2 Å². The zero-order valence-corrected chi connectivity index (χ0v) is 11.8. The van der Waals surface area contributed by atoms with Crippen LogP contribution in [0.5, 0.6) is 0 Å². The maximum absolute atomic E-state index is 12.5. The van der Waals surface area contributed by atoms with E-state index >= 15 is 0 Å². The average Bonchev–Trinajstić information content (AvgIpc) is 2.37. The molecule has 1 unspecified atom stereocenters. The molecule has 0 fully saturated rings. The van der Waals surface area contributed by atoms with Crippen LogP contribution in [0.2, 0.25) is 0 Å². The molecule has 0 spiro atoms. The molecular weight excluding hydrogens is 262 g/mol. The summed E-state index contributed by atoms with van der Waals surface area (Å²) in [5.74, 6) is 0. The van der Waals surface area contributed by atoms with Gasteiger partial charge in [0.25, 0.3) is 0 Å². The van der Waals surface area contributed by atoms with Crippen molar-refractivity contribution in [1.82, 2.24) is 9.29 Å². The zero-order chi connectivity index (χ0) is 14.0. The molecule has 0 bridgehead atoms. The number of hydrogen-bond acceptors (Lipinski definition) is 4. The number of sulfonamides is 1. The van der Waals surface area contributed by atoms with Crippen molar-refractivity contribution in [3.63, 3.8) is 0 Å². The minimum atomic E-state index is -3.55. The summed E-state index contributed by atoms with van der Waals surface area (Å²) in [6.45, 7) is 2.05. The first-order valence-electron chi connectivity index (χ1n) is 5.98. The molecule has 1 atom stereocenters. The predicted molar refractivity (Wildman–Crippen MR) is 75.2 cm³/mol. The summed E-state index contributed by atoms with van der Waals surface area (Å²) in [6, 6.07) is 8.36. The Labute approximate surface area is 113 Å². The Kier molecular flexibility index (Phi) is 3.84. The molecule has 0 aliphatic heterocycles. The fraction of sp³-hybridized carbons (Fsp3) is 0.308. The first kappa shape index (κ1) is 13.9. The Hall–Kier alpha value is -1.50. The van der Waals surface area contributed by atoms with Crippen molar-refractivity contribution >= 4 is 20.9 Å². The molecule has 0 aliphatic rings. The van der Waals surface area contributed by atoms with Crippen LogP contribution in [0.1, 0.15) is 6.92 Å². The highest BCUT2D eigenvalue weighted by Gasteiger charge is 2.23. The quantitative estimate of drug-likeness (QED) is 0.912. The second-order valence-electron chi connectivity index (χ2n) is 4.59. The molecule has 1 aromatic carbocycles. The van der Waals surface area contributed by atoms with Gasteiger partial charge in [-0.15, -0.1) is 0 Å². The fourth-order valence-corrected chi connectivity index (χ4v) is 3.44. The van der Waals surface area contributed by atoms with E-state index in [0.717, 1.165) is 0 Å². The van der Waals surface area contributed by atoms with E-state index < -0.39 is 10.0 Å². The second-order valence-corrected chi connectivity index (χ2v) is 6.60. The van der Waals surface area contributed by atoms with Crippen LogP contribution < -0.4 is 5.73 Å². The molecular formula is C13H17N3O2S. The summed E-state index contributed by atoms with van der Waals surface area (Å²) in [4.78, 5) is 4.43. The van der Waals surface area contributed by atoms with Gasteiger partial charge < -0.3 is 5.73 Å². The predicted octanol–water partition coefficient (Wildman–Crippen LogP) is 1.20. The molecule has 0 amide bonds. The molecule has 0 saturated carbocycles. The van der Waals surface area contributed by atoms with Gasteiger partial charge in [0.1, 0.15) is 0 Å². The first-order valence-corrected chi connectivity index (χ1v) is 7.42. The summed E-state index contributed by atoms with van der Waals surface area (Å²) in [7, 11) is -2.01. The van der Waals surface area contributed by atoms with Crippen LogP contribution in [0, 0.1) is 0 Å². The number of likely N-dealkylation sites (N-methyl/N-ethyl adjacent to an activating group) is 1. The highest BCUT2D eigenvalue weighted by atomic mass is 32.2. The maximum atomic E-state index is 12.5. The van der Waals surface area contributed by atoms with Crippen LogP contribution in [0.4, 0.5) is 0 Å². The minimum absolute atomic E-state index is 0.215. The minimum Gasteiger partial charge on any atom is -0.327 e. The highest BCUT2D eigenvalue weighted by Crippen LogP contribution is 2.23. The van der Waals surface area contributed by atoms with Crippen LogP contribution in [0.25, 0.3) is 10.9 Å². The van der Waals surface area contributed by atoms with Gasteiger partial charge in [-0.05, 0) is 31.2 Å². The highest BCUT2D eigenvalue weighted by molar-refractivity contribution is 7.89. The Morgan fingerprint density at radius 2 is 2.05 bits per heavy atom. The Bertz CT molecular complexity index is 678. The van der Waals surface area contributed by atoms with E-state index in [0.29, 0.717) is 10.9 Å². The molecule has 2 aromatic rings. The molecule has 5 nitrogen and oxygen atoms in total. The van der Waals surface area contributed by atoms with Gasteiger partial charge in [0.2, 0.25) is 10.0 Å². The van der Waals surface area contributed by atoms with Crippen molar-refractivity contribution in [3.8, 4) is 0 Å². The fourth-order valence-electron chi connectivity index (χ4n) is 1.97. The molecule has 102 valence electrons. The van der Waals surface area contributed by atoms with Crippen molar-refractivity contribution in [2.24, 2.45) is 5.73 Å². The van der Waals surface area contributed by atoms with Crippen molar-refractivity contribution in [1.29, 1.82) is 0 Å². The maximum Gasteiger partial charge on any atom is 0.243 e. The van der Waals surface area contributed by atoms with Crippen molar-refractivity contribution in [3.05, 3.63) is 36.5 Å². The number of aromatic nitrogens is 1. The van der Waals surface area contributed by atoms with Gasteiger partial charge in [-0.2, -0.15) is 4.31 Å². The number of nitrogens with zero attached hydrogens (tertiary/aromatic N) is 2. The van der Waals surface area contributed by atoms with Gasteiger partial charge in [-0.1, -0.05) is 6.07 Å². The van der Waals surface area contributed by atoms with Gasteiger partial charge in [0.05, 0.1) is 10.4 Å². The third-order valence-corrected chi connectivity index (χ3v) is 4.72. The monoisotopic (exact) mass is 279 g/mol. The number of pyridine rings is 1. The molecule has 19 heavy (non-hydrogen) atoms. The van der Waals surface area contributed by atoms with E-state index in [4.69, 9.17) is 5.73 Å². The van der Waals surface area contributed by atoms with Crippen molar-refractivity contribution < 1.29 is 8.42 Å². The van der Waals surface area contributed by atoms with Crippen LogP contribution in [0.15, 0.2) is 41.4 Å². The van der Waals surface area contributed by atoms with Gasteiger partial charge in [-0.25, -0.2) is 8.42 Å².